The Bertz CT molecular complexity index is 722. The van der Waals surface area contributed by atoms with Gasteiger partial charge in [-0.05, 0) is 24.3 Å². The Morgan fingerprint density at radius 1 is 1.15 bits per heavy atom. The largest absolute Gasteiger partial charge is 0.350 e. The molecule has 2 aromatic heterocycles. The molecule has 0 amide bonds. The average Bonchev–Trinajstić information content (AvgIpc) is 2.98. The maximum absolute atomic E-state index is 5.22. The fraction of sp³-hybridized carbons (Fsp3) is 0.200. The highest BCUT2D eigenvalue weighted by atomic mass is 32.1. The molecular formula is C15H14N2O2S. The number of benzene rings is 1. The van der Waals surface area contributed by atoms with E-state index in [-0.39, 0.29) is 0 Å². The monoisotopic (exact) mass is 286 g/mol. The van der Waals surface area contributed by atoms with E-state index < -0.39 is 6.29 Å². The van der Waals surface area contributed by atoms with Gasteiger partial charge in [-0.1, -0.05) is 6.07 Å². The number of fused-ring (bicyclic) bond motifs is 1. The van der Waals surface area contributed by atoms with Gasteiger partial charge in [-0.3, -0.25) is 4.98 Å². The number of methoxy groups -OCH3 is 2. The second-order valence-electron chi connectivity index (χ2n) is 4.29. The van der Waals surface area contributed by atoms with E-state index in [4.69, 9.17) is 9.47 Å². The minimum Gasteiger partial charge on any atom is -0.350 e. The second kappa shape index (κ2) is 5.66. The van der Waals surface area contributed by atoms with Crippen LogP contribution in [0.4, 0.5) is 0 Å². The van der Waals surface area contributed by atoms with Crippen molar-refractivity contribution >= 4 is 22.2 Å². The van der Waals surface area contributed by atoms with Crippen molar-refractivity contribution in [1.29, 1.82) is 0 Å². The predicted molar refractivity (Wildman–Crippen MR) is 79.6 cm³/mol. The van der Waals surface area contributed by atoms with E-state index in [2.05, 4.69) is 16.0 Å². The van der Waals surface area contributed by atoms with Crippen LogP contribution >= 0.6 is 11.3 Å². The molecular weight excluding hydrogens is 272 g/mol. The molecule has 0 saturated heterocycles. The highest BCUT2D eigenvalue weighted by Gasteiger charge is 2.14. The van der Waals surface area contributed by atoms with Crippen molar-refractivity contribution in [2.45, 2.75) is 6.29 Å². The quantitative estimate of drug-likeness (QED) is 0.687. The van der Waals surface area contributed by atoms with Crippen LogP contribution in [0.1, 0.15) is 12.0 Å². The number of aromatic nitrogens is 2. The first-order valence-electron chi connectivity index (χ1n) is 6.18. The number of rotatable bonds is 4. The molecule has 0 saturated carbocycles. The fourth-order valence-corrected chi connectivity index (χ4v) is 2.89. The van der Waals surface area contributed by atoms with E-state index in [9.17, 15) is 0 Å². The fourth-order valence-electron chi connectivity index (χ4n) is 2.07. The van der Waals surface area contributed by atoms with Gasteiger partial charge in [-0.2, -0.15) is 0 Å². The lowest BCUT2D eigenvalue weighted by molar-refractivity contribution is -0.108. The summed E-state index contributed by atoms with van der Waals surface area (Å²) >= 11 is 1.58. The van der Waals surface area contributed by atoms with Crippen LogP contribution in [-0.2, 0) is 9.47 Å². The molecule has 102 valence electrons. The zero-order valence-corrected chi connectivity index (χ0v) is 12.1. The molecule has 0 fully saturated rings. The van der Waals surface area contributed by atoms with Crippen LogP contribution in [0, 0.1) is 0 Å². The Balaban J connectivity index is 1.98. The number of thiazole rings is 1. The van der Waals surface area contributed by atoms with Crippen molar-refractivity contribution < 1.29 is 9.47 Å². The minimum absolute atomic E-state index is 0.415. The van der Waals surface area contributed by atoms with Crippen molar-refractivity contribution in [2.24, 2.45) is 0 Å². The molecule has 0 radical (unpaired) electrons. The summed E-state index contributed by atoms with van der Waals surface area (Å²) in [6.45, 7) is 0. The van der Waals surface area contributed by atoms with Crippen molar-refractivity contribution in [1.82, 2.24) is 9.97 Å². The summed E-state index contributed by atoms with van der Waals surface area (Å²) in [5, 5.41) is 4.02. The number of ether oxygens (including phenoxy) is 2. The molecule has 2 heterocycles. The van der Waals surface area contributed by atoms with Crippen molar-refractivity contribution in [3.05, 3.63) is 47.6 Å². The molecule has 0 aliphatic carbocycles. The van der Waals surface area contributed by atoms with E-state index in [1.165, 1.54) is 0 Å². The number of nitrogens with zero attached hydrogens (tertiary/aromatic N) is 2. The smallest absolute Gasteiger partial charge is 0.201 e. The third-order valence-electron chi connectivity index (χ3n) is 3.04. The summed E-state index contributed by atoms with van der Waals surface area (Å²) in [6, 6.07) is 10.1. The standard InChI is InChI=1S/C15H14N2O2S/c1-18-15(19-2)13-9-20-14(17-13)11-5-6-12-10(8-11)4-3-7-16-12/h3-9,15H,1-2H3. The van der Waals surface area contributed by atoms with E-state index in [1.54, 1.807) is 31.8 Å². The van der Waals surface area contributed by atoms with Gasteiger partial charge >= 0.3 is 0 Å². The van der Waals surface area contributed by atoms with E-state index in [0.717, 1.165) is 27.2 Å². The topological polar surface area (TPSA) is 44.2 Å². The maximum Gasteiger partial charge on any atom is 0.201 e. The molecule has 0 atom stereocenters. The number of hydrogen-bond acceptors (Lipinski definition) is 5. The second-order valence-corrected chi connectivity index (χ2v) is 5.15. The Labute approximate surface area is 121 Å². The highest BCUT2D eigenvalue weighted by Crippen LogP contribution is 2.29. The summed E-state index contributed by atoms with van der Waals surface area (Å²) in [5.41, 5.74) is 2.86. The van der Waals surface area contributed by atoms with Crippen molar-refractivity contribution in [3.63, 3.8) is 0 Å². The maximum atomic E-state index is 5.22. The Hall–Kier alpha value is -1.82. The van der Waals surface area contributed by atoms with Crippen LogP contribution in [0.3, 0.4) is 0 Å². The van der Waals surface area contributed by atoms with Gasteiger partial charge in [0.25, 0.3) is 0 Å². The average molecular weight is 286 g/mol. The Kier molecular flexibility index (Phi) is 3.73. The summed E-state index contributed by atoms with van der Waals surface area (Å²) in [6.07, 6.45) is 1.38. The van der Waals surface area contributed by atoms with Gasteiger partial charge in [0.05, 0.1) is 5.52 Å². The van der Waals surface area contributed by atoms with Crippen LogP contribution in [0.25, 0.3) is 21.5 Å². The third-order valence-corrected chi connectivity index (χ3v) is 3.95. The molecule has 0 spiro atoms. The van der Waals surface area contributed by atoms with Crippen molar-refractivity contribution in [3.8, 4) is 10.6 Å². The third kappa shape index (κ3) is 2.43. The summed E-state index contributed by atoms with van der Waals surface area (Å²) < 4.78 is 10.4. The zero-order chi connectivity index (χ0) is 13.9. The Morgan fingerprint density at radius 2 is 2.00 bits per heavy atom. The predicted octanol–water partition coefficient (Wildman–Crippen LogP) is 3.65. The van der Waals surface area contributed by atoms with Crippen LogP contribution in [0.5, 0.6) is 0 Å². The first-order chi connectivity index (χ1) is 9.81. The summed E-state index contributed by atoms with van der Waals surface area (Å²) in [4.78, 5) is 8.90. The van der Waals surface area contributed by atoms with Gasteiger partial charge in [-0.15, -0.1) is 11.3 Å². The molecule has 0 unspecified atom stereocenters. The van der Waals surface area contributed by atoms with Crippen LogP contribution in [-0.4, -0.2) is 24.2 Å². The Morgan fingerprint density at radius 3 is 2.80 bits per heavy atom. The molecule has 0 aliphatic heterocycles. The minimum atomic E-state index is -0.415. The van der Waals surface area contributed by atoms with Gasteiger partial charge < -0.3 is 9.47 Å². The number of hydrogen-bond donors (Lipinski definition) is 0. The lowest BCUT2D eigenvalue weighted by atomic mass is 10.1. The molecule has 3 aromatic rings. The van der Waals surface area contributed by atoms with E-state index in [1.807, 2.05) is 29.6 Å². The summed E-state index contributed by atoms with van der Waals surface area (Å²) in [7, 11) is 3.21. The SMILES string of the molecule is COC(OC)c1csc(-c2ccc3ncccc3c2)n1. The molecule has 5 heteroatoms. The molecule has 0 bridgehead atoms. The van der Waals surface area contributed by atoms with Gasteiger partial charge in [-0.25, -0.2) is 4.98 Å². The van der Waals surface area contributed by atoms with Gasteiger partial charge in [0.1, 0.15) is 10.7 Å². The molecule has 0 aliphatic rings. The van der Waals surface area contributed by atoms with E-state index >= 15 is 0 Å². The van der Waals surface area contributed by atoms with Crippen molar-refractivity contribution in [2.75, 3.05) is 14.2 Å². The molecule has 4 nitrogen and oxygen atoms in total. The molecule has 3 rings (SSSR count). The van der Waals surface area contributed by atoms with Crippen LogP contribution in [0.15, 0.2) is 41.9 Å². The molecule has 0 N–H and O–H groups in total. The van der Waals surface area contributed by atoms with Gasteiger partial charge in [0.2, 0.25) is 6.29 Å². The van der Waals surface area contributed by atoms with Gasteiger partial charge in [0, 0.05) is 36.7 Å². The lowest BCUT2D eigenvalue weighted by Crippen LogP contribution is -2.03. The highest BCUT2D eigenvalue weighted by molar-refractivity contribution is 7.13. The lowest BCUT2D eigenvalue weighted by Gasteiger charge is -2.09. The first kappa shape index (κ1) is 13.2. The van der Waals surface area contributed by atoms with Crippen LogP contribution in [0.2, 0.25) is 0 Å². The van der Waals surface area contributed by atoms with Gasteiger partial charge in [0.15, 0.2) is 0 Å². The molecule has 20 heavy (non-hydrogen) atoms. The van der Waals surface area contributed by atoms with Crippen LogP contribution < -0.4 is 0 Å². The zero-order valence-electron chi connectivity index (χ0n) is 11.2. The first-order valence-corrected chi connectivity index (χ1v) is 7.06. The van der Waals surface area contributed by atoms with E-state index in [0.29, 0.717) is 0 Å². The normalized spacial score (nSPS) is 11.3. The molecule has 1 aromatic carbocycles. The number of pyridine rings is 1. The summed E-state index contributed by atoms with van der Waals surface area (Å²) in [5.74, 6) is 0.